The summed E-state index contributed by atoms with van der Waals surface area (Å²) in [6, 6.07) is 17.6. The Labute approximate surface area is 197 Å². The lowest BCUT2D eigenvalue weighted by Gasteiger charge is -2.39. The van der Waals surface area contributed by atoms with Crippen LogP contribution >= 0.6 is 0 Å². The number of carbonyl (C=O) groups is 1. The minimum absolute atomic E-state index is 0.0315. The zero-order valence-electron chi connectivity index (χ0n) is 19.0. The highest BCUT2D eigenvalue weighted by Gasteiger charge is 2.32. The topological polar surface area (TPSA) is 88.9 Å². The Morgan fingerprint density at radius 2 is 1.91 bits per heavy atom. The molecule has 34 heavy (non-hydrogen) atoms. The lowest BCUT2D eigenvalue weighted by Crippen LogP contribution is -2.48. The minimum atomic E-state index is 0.0315. The molecule has 0 bridgehead atoms. The summed E-state index contributed by atoms with van der Waals surface area (Å²) in [4.78, 5) is 30.1. The Hall–Kier alpha value is -4.18. The van der Waals surface area contributed by atoms with E-state index in [1.807, 2.05) is 66.6 Å². The SMILES string of the molecule is Cc1ccc(C(=O)N2CC(c3ccc(C#N)cc3)C2)cc1-c1nc2cc(N3CCC3)ncc2[nH]1. The maximum absolute atomic E-state index is 13.2. The summed E-state index contributed by atoms with van der Waals surface area (Å²) >= 11 is 0. The number of nitrogens with one attached hydrogen (secondary N) is 1. The molecule has 0 saturated carbocycles. The number of imidazole rings is 1. The molecule has 2 aliphatic rings. The van der Waals surface area contributed by atoms with Gasteiger partial charge in [-0.2, -0.15) is 5.26 Å². The number of pyridine rings is 1. The first-order chi connectivity index (χ1) is 16.6. The summed E-state index contributed by atoms with van der Waals surface area (Å²) in [6.45, 7) is 5.49. The standard InChI is InChI=1S/C27H24N6O/c1-17-3-6-20(27(34)33-15-21(16-33)19-7-4-18(13-28)5-8-19)11-22(17)26-30-23-12-25(32-9-2-10-32)29-14-24(23)31-26/h3-8,11-12,14,21H,2,9-10,15-16H2,1H3,(H,30,31). The summed E-state index contributed by atoms with van der Waals surface area (Å²) in [5.41, 5.74) is 6.25. The van der Waals surface area contributed by atoms with Crippen molar-refractivity contribution in [3.05, 3.63) is 77.0 Å². The summed E-state index contributed by atoms with van der Waals surface area (Å²) in [5, 5.41) is 8.98. The number of carbonyl (C=O) groups excluding carboxylic acids is 1. The number of aromatic amines is 1. The van der Waals surface area contributed by atoms with Crippen molar-refractivity contribution in [3.63, 3.8) is 0 Å². The minimum Gasteiger partial charge on any atom is -0.356 e. The number of amides is 1. The molecule has 1 N–H and O–H groups in total. The van der Waals surface area contributed by atoms with Gasteiger partial charge in [0.05, 0.1) is 28.9 Å². The molecule has 0 atom stereocenters. The van der Waals surface area contributed by atoms with Gasteiger partial charge in [-0.1, -0.05) is 18.2 Å². The highest BCUT2D eigenvalue weighted by Crippen LogP contribution is 2.31. The number of likely N-dealkylation sites (tertiary alicyclic amines) is 1. The number of nitrogens with zero attached hydrogens (tertiary/aromatic N) is 5. The van der Waals surface area contributed by atoms with Gasteiger partial charge in [0.2, 0.25) is 0 Å². The molecule has 2 fully saturated rings. The van der Waals surface area contributed by atoms with Gasteiger partial charge in [0, 0.05) is 49.3 Å². The van der Waals surface area contributed by atoms with Crippen molar-refractivity contribution >= 4 is 22.8 Å². The van der Waals surface area contributed by atoms with E-state index in [2.05, 4.69) is 20.9 Å². The van der Waals surface area contributed by atoms with E-state index in [9.17, 15) is 4.79 Å². The summed E-state index contributed by atoms with van der Waals surface area (Å²) in [5.74, 6) is 2.06. The zero-order valence-corrected chi connectivity index (χ0v) is 19.0. The van der Waals surface area contributed by atoms with Crippen LogP contribution in [-0.4, -0.2) is 51.9 Å². The third-order valence-corrected chi connectivity index (χ3v) is 6.95. The third kappa shape index (κ3) is 3.48. The summed E-state index contributed by atoms with van der Waals surface area (Å²) < 4.78 is 0. The second-order valence-electron chi connectivity index (χ2n) is 9.16. The van der Waals surface area contributed by atoms with Crippen LogP contribution < -0.4 is 4.90 Å². The number of benzene rings is 2. The fourth-order valence-electron chi connectivity index (χ4n) is 4.62. The molecule has 0 spiro atoms. The Balaban J connectivity index is 1.21. The van der Waals surface area contributed by atoms with Crippen molar-refractivity contribution in [2.24, 2.45) is 0 Å². The average Bonchev–Trinajstić information content (AvgIpc) is 3.21. The lowest BCUT2D eigenvalue weighted by atomic mass is 9.90. The maximum atomic E-state index is 13.2. The van der Waals surface area contributed by atoms with Crippen molar-refractivity contribution in [2.75, 3.05) is 31.1 Å². The number of nitriles is 1. The number of hydrogen-bond donors (Lipinski definition) is 1. The van der Waals surface area contributed by atoms with Crippen molar-refractivity contribution in [1.82, 2.24) is 19.9 Å². The van der Waals surface area contributed by atoms with Crippen LogP contribution in [0.5, 0.6) is 0 Å². The van der Waals surface area contributed by atoms with Gasteiger partial charge < -0.3 is 14.8 Å². The van der Waals surface area contributed by atoms with Crippen molar-refractivity contribution in [3.8, 4) is 17.5 Å². The molecule has 0 unspecified atom stereocenters. The predicted octanol–water partition coefficient (Wildman–Crippen LogP) is 4.25. The molecule has 1 amide bonds. The number of H-pyrrole nitrogens is 1. The van der Waals surface area contributed by atoms with Gasteiger partial charge >= 0.3 is 0 Å². The van der Waals surface area contributed by atoms with Crippen molar-refractivity contribution in [1.29, 1.82) is 5.26 Å². The fourth-order valence-corrected chi connectivity index (χ4v) is 4.62. The Bertz CT molecular complexity index is 1440. The molecule has 2 aliphatic heterocycles. The van der Waals surface area contributed by atoms with Crippen LogP contribution in [-0.2, 0) is 0 Å². The number of rotatable bonds is 4. The second-order valence-corrected chi connectivity index (χ2v) is 9.16. The monoisotopic (exact) mass is 448 g/mol. The average molecular weight is 449 g/mol. The summed E-state index contributed by atoms with van der Waals surface area (Å²) in [6.07, 6.45) is 3.05. The molecule has 4 aromatic rings. The molecule has 6 rings (SSSR count). The zero-order chi connectivity index (χ0) is 23.2. The molecular weight excluding hydrogens is 424 g/mol. The van der Waals surface area contributed by atoms with E-state index in [1.165, 1.54) is 12.0 Å². The van der Waals surface area contributed by atoms with Crippen LogP contribution in [0, 0.1) is 18.3 Å². The largest absolute Gasteiger partial charge is 0.356 e. The maximum Gasteiger partial charge on any atom is 0.253 e. The Morgan fingerprint density at radius 3 is 2.62 bits per heavy atom. The van der Waals surface area contributed by atoms with Gasteiger partial charge in [0.1, 0.15) is 11.6 Å². The predicted molar refractivity (Wildman–Crippen MR) is 131 cm³/mol. The van der Waals surface area contributed by atoms with E-state index in [0.717, 1.165) is 46.9 Å². The quantitative estimate of drug-likeness (QED) is 0.504. The Kier molecular flexibility index (Phi) is 4.80. The first kappa shape index (κ1) is 20.4. The van der Waals surface area contributed by atoms with E-state index in [1.54, 1.807) is 0 Å². The van der Waals surface area contributed by atoms with Crippen molar-refractivity contribution in [2.45, 2.75) is 19.3 Å². The molecular formula is C27H24N6O. The van der Waals surface area contributed by atoms with Crippen LogP contribution in [0.3, 0.4) is 0 Å². The van der Waals surface area contributed by atoms with Crippen LogP contribution in [0.4, 0.5) is 5.82 Å². The molecule has 2 aromatic carbocycles. The van der Waals surface area contributed by atoms with E-state index in [0.29, 0.717) is 30.1 Å². The van der Waals surface area contributed by atoms with Gasteiger partial charge in [0.15, 0.2) is 0 Å². The number of hydrogen-bond acceptors (Lipinski definition) is 5. The first-order valence-electron chi connectivity index (χ1n) is 11.6. The van der Waals surface area contributed by atoms with Gasteiger partial charge in [0.25, 0.3) is 5.91 Å². The molecule has 4 heterocycles. The van der Waals surface area contributed by atoms with Crippen LogP contribution in [0.2, 0.25) is 0 Å². The van der Waals surface area contributed by atoms with Crippen molar-refractivity contribution < 1.29 is 4.79 Å². The third-order valence-electron chi connectivity index (χ3n) is 6.95. The van der Waals surface area contributed by atoms with Gasteiger partial charge in [-0.15, -0.1) is 0 Å². The van der Waals surface area contributed by atoms with Crippen LogP contribution in [0.1, 0.15) is 39.4 Å². The number of aryl methyl sites for hydroxylation is 1. The smallest absolute Gasteiger partial charge is 0.253 e. The van der Waals surface area contributed by atoms with E-state index < -0.39 is 0 Å². The molecule has 7 heteroatoms. The molecule has 7 nitrogen and oxygen atoms in total. The highest BCUT2D eigenvalue weighted by atomic mass is 16.2. The number of aromatic nitrogens is 3. The lowest BCUT2D eigenvalue weighted by molar-refractivity contribution is 0.0602. The molecule has 0 aliphatic carbocycles. The normalized spacial score (nSPS) is 15.6. The van der Waals surface area contributed by atoms with E-state index in [-0.39, 0.29) is 5.91 Å². The van der Waals surface area contributed by atoms with E-state index in [4.69, 9.17) is 10.2 Å². The van der Waals surface area contributed by atoms with Crippen LogP contribution in [0.15, 0.2) is 54.7 Å². The fraction of sp³-hybridized carbons (Fsp3) is 0.259. The second kappa shape index (κ2) is 7.99. The van der Waals surface area contributed by atoms with Crippen LogP contribution in [0.25, 0.3) is 22.4 Å². The molecule has 2 aromatic heterocycles. The van der Waals surface area contributed by atoms with Gasteiger partial charge in [-0.3, -0.25) is 4.79 Å². The summed E-state index contributed by atoms with van der Waals surface area (Å²) in [7, 11) is 0. The first-order valence-corrected chi connectivity index (χ1v) is 11.6. The van der Waals surface area contributed by atoms with Gasteiger partial charge in [-0.25, -0.2) is 9.97 Å². The van der Waals surface area contributed by atoms with E-state index >= 15 is 0 Å². The van der Waals surface area contributed by atoms with Gasteiger partial charge in [-0.05, 0) is 48.7 Å². The molecule has 0 radical (unpaired) electrons. The molecule has 2 saturated heterocycles. The molecule has 168 valence electrons. The Morgan fingerprint density at radius 1 is 1.12 bits per heavy atom. The number of anilines is 1. The highest BCUT2D eigenvalue weighted by molar-refractivity contribution is 5.96. The number of fused-ring (bicyclic) bond motifs is 1.